The van der Waals surface area contributed by atoms with Crippen LogP contribution in [0.1, 0.15) is 5.56 Å². The summed E-state index contributed by atoms with van der Waals surface area (Å²) >= 11 is 0. The maximum absolute atomic E-state index is 6.26. The van der Waals surface area contributed by atoms with Gasteiger partial charge in [0.05, 0.1) is 34.2 Å². The number of hydrazone groups is 1. The molecule has 1 aliphatic heterocycles. The van der Waals surface area contributed by atoms with Gasteiger partial charge in [-0.1, -0.05) is 78.9 Å². The number of nitrogens with one attached hydrogen (secondary N) is 2. The van der Waals surface area contributed by atoms with Crippen LogP contribution in [0.3, 0.4) is 0 Å². The summed E-state index contributed by atoms with van der Waals surface area (Å²) in [6.45, 7) is 0. The van der Waals surface area contributed by atoms with Crippen LogP contribution in [-0.2, 0) is 0 Å². The molecule has 240 valence electrons. The summed E-state index contributed by atoms with van der Waals surface area (Å²) < 4.78 is 10.8. The lowest BCUT2D eigenvalue weighted by Crippen LogP contribution is -2.22. The second kappa shape index (κ2) is 10.7. The van der Waals surface area contributed by atoms with Crippen molar-refractivity contribution in [2.24, 2.45) is 5.10 Å². The summed E-state index contributed by atoms with van der Waals surface area (Å²) in [7, 11) is 0. The summed E-state index contributed by atoms with van der Waals surface area (Å²) in [6, 6.07) is 50.5. The van der Waals surface area contributed by atoms with Crippen LogP contribution in [-0.4, -0.2) is 25.3 Å². The SMILES string of the molecule is C1=NNNc2c1c1ccc(-c3ccc4oc5ccc(-c6ccc7c8ccccc8n(-c8ccccc8)c7c6)nc5c4n3)cc1n2-c1ccccc1. The van der Waals surface area contributed by atoms with Crippen LogP contribution >= 0.6 is 0 Å². The number of hydrazine groups is 1. The van der Waals surface area contributed by atoms with Crippen LogP contribution in [0.4, 0.5) is 5.82 Å². The first-order chi connectivity index (χ1) is 25.3. The van der Waals surface area contributed by atoms with Gasteiger partial charge in [0, 0.05) is 44.2 Å². The minimum absolute atomic E-state index is 0.703. The normalized spacial score (nSPS) is 12.5. The molecule has 8 nitrogen and oxygen atoms in total. The Hall–Kier alpha value is -7.19. The van der Waals surface area contributed by atoms with Crippen LogP contribution in [0, 0.1) is 0 Å². The number of fused-ring (bicyclic) bond motifs is 9. The number of anilines is 1. The van der Waals surface area contributed by atoms with Gasteiger partial charge in [0.15, 0.2) is 11.2 Å². The van der Waals surface area contributed by atoms with E-state index in [9.17, 15) is 0 Å². The van der Waals surface area contributed by atoms with Crippen LogP contribution in [0.15, 0.2) is 155 Å². The zero-order valence-electron chi connectivity index (χ0n) is 27.1. The molecule has 0 unspecified atom stereocenters. The van der Waals surface area contributed by atoms with Gasteiger partial charge in [-0.05, 0) is 66.7 Å². The first-order valence-corrected chi connectivity index (χ1v) is 16.9. The molecule has 2 N–H and O–H groups in total. The summed E-state index contributed by atoms with van der Waals surface area (Å²) in [5.41, 5.74) is 19.3. The number of aromatic nitrogens is 4. The maximum Gasteiger partial charge on any atom is 0.155 e. The number of rotatable bonds is 4. The van der Waals surface area contributed by atoms with Gasteiger partial charge >= 0.3 is 0 Å². The van der Waals surface area contributed by atoms with Gasteiger partial charge in [-0.2, -0.15) is 5.10 Å². The zero-order valence-corrected chi connectivity index (χ0v) is 27.1. The van der Waals surface area contributed by atoms with Crippen molar-refractivity contribution in [3.05, 3.63) is 151 Å². The highest BCUT2D eigenvalue weighted by Crippen LogP contribution is 2.38. The molecule has 0 atom stereocenters. The molecule has 0 fully saturated rings. The van der Waals surface area contributed by atoms with Crippen molar-refractivity contribution in [2.45, 2.75) is 0 Å². The third-order valence-corrected chi connectivity index (χ3v) is 9.89. The fourth-order valence-electron chi connectivity index (χ4n) is 7.58. The molecule has 0 aliphatic carbocycles. The average Bonchev–Trinajstić information content (AvgIpc) is 3.85. The molecule has 0 saturated carbocycles. The van der Waals surface area contributed by atoms with Crippen molar-refractivity contribution in [3.8, 4) is 33.9 Å². The summed E-state index contributed by atoms with van der Waals surface area (Å²) in [6.07, 6.45) is 1.86. The summed E-state index contributed by atoms with van der Waals surface area (Å²) in [4.78, 5) is 10.3. The van der Waals surface area contributed by atoms with Crippen molar-refractivity contribution < 1.29 is 4.42 Å². The molecule has 11 rings (SSSR count). The molecule has 1 aliphatic rings. The Kier molecular flexibility index (Phi) is 5.79. The third kappa shape index (κ3) is 4.17. The predicted octanol–water partition coefficient (Wildman–Crippen LogP) is 10.0. The number of pyridine rings is 2. The Labute approximate surface area is 290 Å². The predicted molar refractivity (Wildman–Crippen MR) is 206 cm³/mol. The van der Waals surface area contributed by atoms with Gasteiger partial charge in [0.25, 0.3) is 0 Å². The number of para-hydroxylation sites is 3. The van der Waals surface area contributed by atoms with Gasteiger partial charge in [0.1, 0.15) is 16.9 Å². The molecular formula is C43H27N7O. The van der Waals surface area contributed by atoms with Crippen molar-refractivity contribution >= 4 is 66.9 Å². The second-order valence-corrected chi connectivity index (χ2v) is 12.8. The van der Waals surface area contributed by atoms with Gasteiger partial charge in [-0.25, -0.2) is 15.5 Å². The highest BCUT2D eigenvalue weighted by atomic mass is 16.3. The van der Waals surface area contributed by atoms with E-state index in [1.807, 2.05) is 48.7 Å². The largest absolute Gasteiger partial charge is 0.453 e. The molecule has 51 heavy (non-hydrogen) atoms. The number of hydrogen-bond acceptors (Lipinski definition) is 6. The van der Waals surface area contributed by atoms with E-state index >= 15 is 0 Å². The molecule has 10 aromatic rings. The van der Waals surface area contributed by atoms with Crippen LogP contribution in [0.2, 0.25) is 0 Å². The highest BCUT2D eigenvalue weighted by Gasteiger charge is 2.21. The molecule has 0 saturated heterocycles. The zero-order chi connectivity index (χ0) is 33.5. The highest BCUT2D eigenvalue weighted by molar-refractivity contribution is 6.11. The second-order valence-electron chi connectivity index (χ2n) is 12.8. The fourth-order valence-corrected chi connectivity index (χ4v) is 7.58. The van der Waals surface area contributed by atoms with Crippen molar-refractivity contribution in [1.29, 1.82) is 0 Å². The Balaban J connectivity index is 1.06. The Morgan fingerprint density at radius 3 is 1.75 bits per heavy atom. The first-order valence-electron chi connectivity index (χ1n) is 16.9. The number of benzene rings is 5. The Morgan fingerprint density at radius 1 is 0.490 bits per heavy atom. The lowest BCUT2D eigenvalue weighted by Gasteiger charge is -2.15. The minimum Gasteiger partial charge on any atom is -0.453 e. The van der Waals surface area contributed by atoms with E-state index in [0.29, 0.717) is 11.2 Å². The molecule has 0 spiro atoms. The fraction of sp³-hybridized carbons (Fsp3) is 0. The lowest BCUT2D eigenvalue weighted by atomic mass is 10.1. The number of furan rings is 1. The Bertz CT molecular complexity index is 3030. The molecule has 5 aromatic carbocycles. The quantitative estimate of drug-likeness (QED) is 0.197. The smallest absolute Gasteiger partial charge is 0.155 e. The van der Waals surface area contributed by atoms with Crippen molar-refractivity contribution in [2.75, 3.05) is 5.43 Å². The first kappa shape index (κ1) is 27.7. The molecule has 8 heteroatoms. The molecular weight excluding hydrogens is 631 g/mol. The topological polar surface area (TPSA) is 85.2 Å². The summed E-state index contributed by atoms with van der Waals surface area (Å²) in [5, 5.41) is 7.78. The van der Waals surface area contributed by atoms with E-state index in [1.165, 1.54) is 16.3 Å². The van der Waals surface area contributed by atoms with Gasteiger partial charge < -0.3 is 8.98 Å². The standard InChI is InChI=1S/C43H27N7O/c1-3-9-28(10-4-1)49-36-14-8-7-13-30(36)31-17-15-26(23-37(31)49)34-19-21-39-41(45-34)42-40(51-39)22-20-35(46-42)27-16-18-32-33-25-44-48-47-43(33)50(38(32)24-27)29-11-5-2-6-12-29/h1-25,47-48H. The van der Waals surface area contributed by atoms with E-state index in [1.54, 1.807) is 0 Å². The van der Waals surface area contributed by atoms with Crippen molar-refractivity contribution in [1.82, 2.24) is 24.6 Å². The summed E-state index contributed by atoms with van der Waals surface area (Å²) in [5.74, 6) is 0.937. The van der Waals surface area contributed by atoms with Crippen LogP contribution in [0.25, 0.3) is 88.8 Å². The van der Waals surface area contributed by atoms with Crippen LogP contribution < -0.4 is 11.0 Å². The number of nitrogens with zero attached hydrogens (tertiary/aromatic N) is 5. The Morgan fingerprint density at radius 2 is 1.06 bits per heavy atom. The lowest BCUT2D eigenvalue weighted by molar-refractivity contribution is 0.667. The van der Waals surface area contributed by atoms with E-state index in [0.717, 1.165) is 72.7 Å². The minimum atomic E-state index is 0.703. The van der Waals surface area contributed by atoms with E-state index < -0.39 is 0 Å². The monoisotopic (exact) mass is 657 g/mol. The molecule has 0 bridgehead atoms. The van der Waals surface area contributed by atoms with E-state index in [-0.39, 0.29) is 0 Å². The average molecular weight is 658 g/mol. The van der Waals surface area contributed by atoms with Gasteiger partial charge in [0.2, 0.25) is 0 Å². The molecule has 0 amide bonds. The number of hydrogen-bond donors (Lipinski definition) is 2. The third-order valence-electron chi connectivity index (χ3n) is 9.89. The van der Waals surface area contributed by atoms with E-state index in [4.69, 9.17) is 14.4 Å². The molecule has 5 aromatic heterocycles. The van der Waals surface area contributed by atoms with Crippen LogP contribution in [0.5, 0.6) is 0 Å². The van der Waals surface area contributed by atoms with Gasteiger partial charge in [-0.3, -0.25) is 9.99 Å². The van der Waals surface area contributed by atoms with E-state index in [2.05, 4.69) is 128 Å². The van der Waals surface area contributed by atoms with Gasteiger partial charge in [-0.15, -0.1) is 0 Å². The molecule has 0 radical (unpaired) electrons. The maximum atomic E-state index is 6.26. The molecule has 6 heterocycles. The van der Waals surface area contributed by atoms with Crippen molar-refractivity contribution in [3.63, 3.8) is 0 Å².